The van der Waals surface area contributed by atoms with Crippen molar-refractivity contribution in [1.29, 1.82) is 0 Å². The Morgan fingerprint density at radius 2 is 2.23 bits per heavy atom. The van der Waals surface area contributed by atoms with Crippen LogP contribution < -0.4 is 0 Å². The molecule has 0 aromatic rings. The van der Waals surface area contributed by atoms with Crippen LogP contribution in [0, 0.1) is 0 Å². The summed E-state index contributed by atoms with van der Waals surface area (Å²) in [6.45, 7) is 5.13. The third-order valence-electron chi connectivity index (χ3n) is 2.89. The van der Waals surface area contributed by atoms with Gasteiger partial charge < -0.3 is 4.74 Å². The lowest BCUT2D eigenvalue weighted by molar-refractivity contribution is -0.147. The number of hydrogen-bond acceptors (Lipinski definition) is 3. The number of carbonyl (C=O) groups is 1. The van der Waals surface area contributed by atoms with E-state index in [-0.39, 0.29) is 12.0 Å². The topological polar surface area (TPSA) is 29.5 Å². The lowest BCUT2D eigenvalue weighted by atomic mass is 10.0. The first-order chi connectivity index (χ1) is 6.16. The third kappa shape index (κ3) is 2.44. The molecular weight excluding hydrogens is 166 g/mol. The first-order valence-electron chi connectivity index (χ1n) is 5.00. The number of esters is 1. The summed E-state index contributed by atoms with van der Waals surface area (Å²) in [5, 5.41) is 0. The Balaban J connectivity index is 2.53. The molecule has 0 bridgehead atoms. The molecule has 0 saturated carbocycles. The van der Waals surface area contributed by atoms with E-state index in [0.717, 1.165) is 6.54 Å². The molecule has 1 heterocycles. The van der Waals surface area contributed by atoms with Gasteiger partial charge in [0.05, 0.1) is 7.11 Å². The van der Waals surface area contributed by atoms with E-state index in [1.807, 2.05) is 6.92 Å². The van der Waals surface area contributed by atoms with Gasteiger partial charge in [-0.25, -0.2) is 0 Å². The van der Waals surface area contributed by atoms with Crippen molar-refractivity contribution in [2.75, 3.05) is 13.7 Å². The monoisotopic (exact) mass is 185 g/mol. The second-order valence-corrected chi connectivity index (χ2v) is 3.78. The predicted molar refractivity (Wildman–Crippen MR) is 51.5 cm³/mol. The summed E-state index contributed by atoms with van der Waals surface area (Å²) in [6.07, 6.45) is 3.68. The Morgan fingerprint density at radius 1 is 1.54 bits per heavy atom. The van der Waals surface area contributed by atoms with Crippen LogP contribution in [0.1, 0.15) is 33.1 Å². The molecule has 1 aliphatic heterocycles. The summed E-state index contributed by atoms with van der Waals surface area (Å²) >= 11 is 0. The summed E-state index contributed by atoms with van der Waals surface area (Å²) in [6, 6.07) is 0.433. The average Bonchev–Trinajstić information content (AvgIpc) is 2.16. The summed E-state index contributed by atoms with van der Waals surface area (Å²) in [4.78, 5) is 13.5. The predicted octanol–water partition coefficient (Wildman–Crippen LogP) is 1.42. The fourth-order valence-corrected chi connectivity index (χ4v) is 2.00. The number of nitrogens with zero attached hydrogens (tertiary/aromatic N) is 1. The Bertz CT molecular complexity index is 182. The van der Waals surface area contributed by atoms with Gasteiger partial charge in [0.2, 0.25) is 0 Å². The standard InChI is InChI=1S/C10H19NO2/c1-8-6-4-5-7-11(8)9(2)10(12)13-3/h8-9H,4-7H2,1-3H3/t8-,9-/m1/s1. The molecular formula is C10H19NO2. The average molecular weight is 185 g/mol. The Kier molecular flexibility index (Phi) is 3.72. The van der Waals surface area contributed by atoms with Gasteiger partial charge in [-0.3, -0.25) is 9.69 Å². The van der Waals surface area contributed by atoms with Crippen molar-refractivity contribution in [3.63, 3.8) is 0 Å². The highest BCUT2D eigenvalue weighted by molar-refractivity contribution is 5.75. The molecule has 1 aliphatic rings. The van der Waals surface area contributed by atoms with Crippen molar-refractivity contribution in [3.05, 3.63) is 0 Å². The van der Waals surface area contributed by atoms with E-state index in [1.165, 1.54) is 26.4 Å². The Labute approximate surface area is 80.1 Å². The highest BCUT2D eigenvalue weighted by Gasteiger charge is 2.27. The molecule has 0 unspecified atom stereocenters. The van der Waals surface area contributed by atoms with E-state index in [0.29, 0.717) is 6.04 Å². The van der Waals surface area contributed by atoms with Gasteiger partial charge in [-0.2, -0.15) is 0 Å². The van der Waals surface area contributed by atoms with Gasteiger partial charge in [-0.1, -0.05) is 6.42 Å². The van der Waals surface area contributed by atoms with E-state index in [9.17, 15) is 4.79 Å². The largest absolute Gasteiger partial charge is 0.468 e. The van der Waals surface area contributed by atoms with Gasteiger partial charge >= 0.3 is 5.97 Å². The number of rotatable bonds is 2. The maximum atomic E-state index is 11.3. The molecule has 0 N–H and O–H groups in total. The van der Waals surface area contributed by atoms with E-state index < -0.39 is 0 Å². The van der Waals surface area contributed by atoms with Crippen molar-refractivity contribution in [1.82, 2.24) is 4.90 Å². The maximum absolute atomic E-state index is 11.3. The quantitative estimate of drug-likeness (QED) is 0.609. The molecule has 0 aromatic heterocycles. The van der Waals surface area contributed by atoms with Crippen LogP contribution >= 0.6 is 0 Å². The van der Waals surface area contributed by atoms with Crippen LogP contribution in [0.2, 0.25) is 0 Å². The van der Waals surface area contributed by atoms with Crippen LogP contribution in [-0.2, 0) is 9.53 Å². The van der Waals surface area contributed by atoms with Gasteiger partial charge in [-0.05, 0) is 33.2 Å². The number of piperidine rings is 1. The van der Waals surface area contributed by atoms with Crippen LogP contribution in [0.15, 0.2) is 0 Å². The number of methoxy groups -OCH3 is 1. The van der Waals surface area contributed by atoms with E-state index in [1.54, 1.807) is 0 Å². The molecule has 76 valence electrons. The minimum Gasteiger partial charge on any atom is -0.468 e. The van der Waals surface area contributed by atoms with Crippen molar-refractivity contribution in [3.8, 4) is 0 Å². The van der Waals surface area contributed by atoms with Gasteiger partial charge in [-0.15, -0.1) is 0 Å². The number of carbonyl (C=O) groups excluding carboxylic acids is 1. The van der Waals surface area contributed by atoms with Gasteiger partial charge in [0, 0.05) is 6.04 Å². The van der Waals surface area contributed by atoms with Crippen LogP contribution in [0.4, 0.5) is 0 Å². The minimum absolute atomic E-state index is 0.0831. The van der Waals surface area contributed by atoms with Crippen LogP contribution in [-0.4, -0.2) is 36.6 Å². The lowest BCUT2D eigenvalue weighted by Crippen LogP contribution is -2.47. The molecule has 0 aliphatic carbocycles. The Morgan fingerprint density at radius 3 is 2.77 bits per heavy atom. The van der Waals surface area contributed by atoms with E-state index >= 15 is 0 Å². The zero-order valence-corrected chi connectivity index (χ0v) is 8.75. The molecule has 1 fully saturated rings. The van der Waals surface area contributed by atoms with Crippen LogP contribution in [0.5, 0.6) is 0 Å². The van der Waals surface area contributed by atoms with E-state index in [2.05, 4.69) is 11.8 Å². The first-order valence-corrected chi connectivity index (χ1v) is 5.00. The molecule has 13 heavy (non-hydrogen) atoms. The SMILES string of the molecule is COC(=O)[C@@H](C)N1CCCC[C@H]1C. The van der Waals surface area contributed by atoms with Gasteiger partial charge in [0.25, 0.3) is 0 Å². The highest BCUT2D eigenvalue weighted by atomic mass is 16.5. The molecule has 2 atom stereocenters. The van der Waals surface area contributed by atoms with Crippen molar-refractivity contribution < 1.29 is 9.53 Å². The van der Waals surface area contributed by atoms with Gasteiger partial charge in [0.1, 0.15) is 6.04 Å². The summed E-state index contributed by atoms with van der Waals surface area (Å²) < 4.78 is 4.73. The minimum atomic E-state index is -0.117. The Hall–Kier alpha value is -0.570. The lowest BCUT2D eigenvalue weighted by Gasteiger charge is -2.36. The van der Waals surface area contributed by atoms with E-state index in [4.69, 9.17) is 4.74 Å². The molecule has 1 rings (SSSR count). The van der Waals surface area contributed by atoms with Crippen molar-refractivity contribution in [2.45, 2.75) is 45.2 Å². The smallest absolute Gasteiger partial charge is 0.322 e. The molecule has 3 nitrogen and oxygen atoms in total. The van der Waals surface area contributed by atoms with Crippen LogP contribution in [0.3, 0.4) is 0 Å². The third-order valence-corrected chi connectivity index (χ3v) is 2.89. The summed E-state index contributed by atoms with van der Waals surface area (Å²) in [5.41, 5.74) is 0. The highest BCUT2D eigenvalue weighted by Crippen LogP contribution is 2.19. The molecule has 3 heteroatoms. The molecule has 0 amide bonds. The molecule has 0 spiro atoms. The molecule has 0 aromatic carbocycles. The second-order valence-electron chi connectivity index (χ2n) is 3.78. The van der Waals surface area contributed by atoms with Crippen molar-refractivity contribution >= 4 is 5.97 Å². The molecule has 0 radical (unpaired) electrons. The normalized spacial score (nSPS) is 26.8. The zero-order chi connectivity index (χ0) is 9.84. The zero-order valence-electron chi connectivity index (χ0n) is 8.75. The summed E-state index contributed by atoms with van der Waals surface area (Å²) in [5.74, 6) is -0.117. The maximum Gasteiger partial charge on any atom is 0.322 e. The summed E-state index contributed by atoms with van der Waals surface area (Å²) in [7, 11) is 1.45. The van der Waals surface area contributed by atoms with Crippen LogP contribution in [0.25, 0.3) is 0 Å². The fourth-order valence-electron chi connectivity index (χ4n) is 2.00. The fraction of sp³-hybridized carbons (Fsp3) is 0.900. The van der Waals surface area contributed by atoms with Crippen molar-refractivity contribution in [2.24, 2.45) is 0 Å². The second kappa shape index (κ2) is 4.61. The number of hydrogen-bond donors (Lipinski definition) is 0. The number of likely N-dealkylation sites (tertiary alicyclic amines) is 1. The molecule has 1 saturated heterocycles. The number of ether oxygens (including phenoxy) is 1. The first kappa shape index (κ1) is 10.5. The van der Waals surface area contributed by atoms with Gasteiger partial charge in [0.15, 0.2) is 0 Å².